The van der Waals surface area contributed by atoms with E-state index >= 15 is 0 Å². The van der Waals surface area contributed by atoms with Crippen LogP contribution in [0.4, 0.5) is 4.39 Å². The third kappa shape index (κ3) is 3.46. The minimum Gasteiger partial charge on any atom is -0.386 e. The fourth-order valence-corrected chi connectivity index (χ4v) is 2.13. The highest BCUT2D eigenvalue weighted by atomic mass is 19.1. The molecule has 2 N–H and O–H groups in total. The van der Waals surface area contributed by atoms with E-state index in [0.717, 1.165) is 0 Å². The number of hydrogen-bond acceptors (Lipinski definition) is 3. The number of carbonyl (C=O) groups excluding carboxylic acids is 1. The first kappa shape index (κ1) is 15.2. The number of aliphatic hydroxyl groups is 1. The minimum atomic E-state index is -0.911. The van der Waals surface area contributed by atoms with Crippen molar-refractivity contribution in [3.8, 4) is 0 Å². The summed E-state index contributed by atoms with van der Waals surface area (Å²) >= 11 is 0. The molecule has 5 nitrogen and oxygen atoms in total. The predicted molar refractivity (Wildman–Crippen MR) is 76.2 cm³/mol. The van der Waals surface area contributed by atoms with Gasteiger partial charge in [0.15, 0.2) is 0 Å². The molecule has 1 heterocycles. The van der Waals surface area contributed by atoms with Gasteiger partial charge in [-0.05, 0) is 31.5 Å². The normalized spacial score (nSPS) is 13.8. The molecule has 0 saturated heterocycles. The number of nitrogens with zero attached hydrogens (tertiary/aromatic N) is 2. The molecule has 0 bridgehead atoms. The highest BCUT2D eigenvalue weighted by Gasteiger charge is 2.21. The summed E-state index contributed by atoms with van der Waals surface area (Å²) in [4.78, 5) is 12.1. The van der Waals surface area contributed by atoms with Crippen LogP contribution in [0.1, 0.15) is 34.6 Å². The number of hydrogen-bond donors (Lipinski definition) is 2. The van der Waals surface area contributed by atoms with Crippen LogP contribution < -0.4 is 5.32 Å². The van der Waals surface area contributed by atoms with E-state index in [1.807, 2.05) is 0 Å². The van der Waals surface area contributed by atoms with E-state index < -0.39 is 12.1 Å². The van der Waals surface area contributed by atoms with Crippen molar-refractivity contribution in [3.05, 3.63) is 53.1 Å². The Labute approximate surface area is 122 Å². The molecule has 0 aliphatic heterocycles. The standard InChI is InChI=1S/C15H18FN3O2/c1-9-13(8-19(3)18-9)15(21)17-10(2)14(20)11-4-6-12(16)7-5-11/h4-8,10,14,20H,1-3H3,(H,17,21). The van der Waals surface area contributed by atoms with Gasteiger partial charge in [0, 0.05) is 13.2 Å². The third-order valence-corrected chi connectivity index (χ3v) is 3.30. The van der Waals surface area contributed by atoms with Crippen LogP contribution in [0.2, 0.25) is 0 Å². The number of nitrogens with one attached hydrogen (secondary N) is 1. The quantitative estimate of drug-likeness (QED) is 0.901. The van der Waals surface area contributed by atoms with E-state index in [1.54, 1.807) is 31.8 Å². The monoisotopic (exact) mass is 291 g/mol. The van der Waals surface area contributed by atoms with Gasteiger partial charge in [-0.25, -0.2) is 4.39 Å². The van der Waals surface area contributed by atoms with Crippen LogP contribution in [0.3, 0.4) is 0 Å². The zero-order valence-electron chi connectivity index (χ0n) is 12.2. The summed E-state index contributed by atoms with van der Waals surface area (Å²) in [5, 5.41) is 17.0. The minimum absolute atomic E-state index is 0.297. The predicted octanol–water partition coefficient (Wildman–Crippen LogP) is 1.72. The van der Waals surface area contributed by atoms with Crippen molar-refractivity contribution in [3.63, 3.8) is 0 Å². The molecule has 0 fully saturated rings. The molecular weight excluding hydrogens is 273 g/mol. The lowest BCUT2D eigenvalue weighted by molar-refractivity contribution is 0.0851. The molecule has 0 radical (unpaired) electrons. The molecule has 0 spiro atoms. The molecule has 0 aliphatic rings. The lowest BCUT2D eigenvalue weighted by atomic mass is 10.0. The number of aryl methyl sites for hydroxylation is 2. The summed E-state index contributed by atoms with van der Waals surface area (Å²) in [6, 6.07) is 5.04. The van der Waals surface area contributed by atoms with Crippen LogP contribution in [0.15, 0.2) is 30.5 Å². The van der Waals surface area contributed by atoms with Crippen LogP contribution >= 0.6 is 0 Å². The summed E-state index contributed by atoms with van der Waals surface area (Å²) in [6.07, 6.45) is 0.716. The van der Waals surface area contributed by atoms with Gasteiger partial charge in [0.2, 0.25) is 0 Å². The van der Waals surface area contributed by atoms with Gasteiger partial charge in [-0.15, -0.1) is 0 Å². The van der Waals surface area contributed by atoms with Crippen LogP contribution in [0.5, 0.6) is 0 Å². The maximum atomic E-state index is 12.9. The number of aromatic nitrogens is 2. The van der Waals surface area contributed by atoms with Crippen molar-refractivity contribution in [1.29, 1.82) is 0 Å². The molecule has 2 rings (SSSR count). The van der Waals surface area contributed by atoms with E-state index in [0.29, 0.717) is 16.8 Å². The third-order valence-electron chi connectivity index (χ3n) is 3.30. The molecule has 112 valence electrons. The van der Waals surface area contributed by atoms with Crippen molar-refractivity contribution < 1.29 is 14.3 Å². The fraction of sp³-hybridized carbons (Fsp3) is 0.333. The number of benzene rings is 1. The Morgan fingerprint density at radius 1 is 1.38 bits per heavy atom. The Morgan fingerprint density at radius 2 is 2.00 bits per heavy atom. The fourth-order valence-electron chi connectivity index (χ4n) is 2.13. The largest absolute Gasteiger partial charge is 0.386 e. The van der Waals surface area contributed by atoms with E-state index in [-0.39, 0.29) is 11.7 Å². The van der Waals surface area contributed by atoms with Crippen LogP contribution in [0.25, 0.3) is 0 Å². The van der Waals surface area contributed by atoms with Crippen LogP contribution in [-0.2, 0) is 7.05 Å². The van der Waals surface area contributed by atoms with E-state index in [2.05, 4.69) is 10.4 Å². The van der Waals surface area contributed by atoms with E-state index in [9.17, 15) is 14.3 Å². The summed E-state index contributed by atoms with van der Waals surface area (Å²) < 4.78 is 14.4. The molecule has 2 aromatic rings. The van der Waals surface area contributed by atoms with Crippen molar-refractivity contribution in [2.24, 2.45) is 7.05 Å². The Morgan fingerprint density at radius 3 is 2.52 bits per heavy atom. The molecule has 2 atom stereocenters. The number of aliphatic hydroxyl groups excluding tert-OH is 1. The Hall–Kier alpha value is -2.21. The number of halogens is 1. The van der Waals surface area contributed by atoms with Gasteiger partial charge < -0.3 is 10.4 Å². The SMILES string of the molecule is Cc1nn(C)cc1C(=O)NC(C)C(O)c1ccc(F)cc1. The molecule has 1 aromatic carbocycles. The topological polar surface area (TPSA) is 67.2 Å². The summed E-state index contributed by atoms with van der Waals surface area (Å²) in [7, 11) is 1.74. The summed E-state index contributed by atoms with van der Waals surface area (Å²) in [5.74, 6) is -0.664. The first-order valence-electron chi connectivity index (χ1n) is 6.63. The lowest BCUT2D eigenvalue weighted by Crippen LogP contribution is -2.37. The molecule has 2 unspecified atom stereocenters. The van der Waals surface area contributed by atoms with Gasteiger partial charge in [0.25, 0.3) is 5.91 Å². The maximum absolute atomic E-state index is 12.9. The highest BCUT2D eigenvalue weighted by molar-refractivity contribution is 5.95. The number of amides is 1. The average Bonchev–Trinajstić information content (AvgIpc) is 2.77. The van der Waals surface area contributed by atoms with Crippen LogP contribution in [-0.4, -0.2) is 26.8 Å². The van der Waals surface area contributed by atoms with Gasteiger partial charge in [-0.1, -0.05) is 12.1 Å². The number of carbonyl (C=O) groups is 1. The zero-order valence-corrected chi connectivity index (χ0v) is 12.2. The molecule has 21 heavy (non-hydrogen) atoms. The molecule has 6 heteroatoms. The van der Waals surface area contributed by atoms with E-state index in [1.165, 1.54) is 24.3 Å². The van der Waals surface area contributed by atoms with Crippen LogP contribution in [0, 0.1) is 12.7 Å². The van der Waals surface area contributed by atoms with Crippen molar-refractivity contribution in [2.75, 3.05) is 0 Å². The number of rotatable bonds is 4. The average molecular weight is 291 g/mol. The van der Waals surface area contributed by atoms with Gasteiger partial charge >= 0.3 is 0 Å². The second-order valence-electron chi connectivity index (χ2n) is 5.06. The van der Waals surface area contributed by atoms with Crippen molar-refractivity contribution >= 4 is 5.91 Å². The second kappa shape index (κ2) is 6.05. The van der Waals surface area contributed by atoms with E-state index in [4.69, 9.17) is 0 Å². The van der Waals surface area contributed by atoms with Gasteiger partial charge in [0.1, 0.15) is 5.82 Å². The molecule has 0 aliphatic carbocycles. The van der Waals surface area contributed by atoms with Gasteiger partial charge in [-0.2, -0.15) is 5.10 Å². The summed E-state index contributed by atoms with van der Waals surface area (Å²) in [6.45, 7) is 3.44. The molecule has 1 amide bonds. The zero-order chi connectivity index (χ0) is 15.6. The lowest BCUT2D eigenvalue weighted by Gasteiger charge is -2.20. The van der Waals surface area contributed by atoms with Crippen molar-refractivity contribution in [1.82, 2.24) is 15.1 Å². The van der Waals surface area contributed by atoms with Crippen molar-refractivity contribution in [2.45, 2.75) is 26.0 Å². The Bertz CT molecular complexity index is 637. The first-order chi connectivity index (χ1) is 9.88. The highest BCUT2D eigenvalue weighted by Crippen LogP contribution is 2.17. The Kier molecular flexibility index (Phi) is 4.37. The molecule has 1 aromatic heterocycles. The van der Waals surface area contributed by atoms with Gasteiger partial charge in [-0.3, -0.25) is 9.48 Å². The summed E-state index contributed by atoms with van der Waals surface area (Å²) in [5.41, 5.74) is 1.64. The molecule has 0 saturated carbocycles. The second-order valence-corrected chi connectivity index (χ2v) is 5.06. The smallest absolute Gasteiger partial charge is 0.255 e. The van der Waals surface area contributed by atoms with Gasteiger partial charge in [0.05, 0.1) is 23.4 Å². The maximum Gasteiger partial charge on any atom is 0.255 e. The Balaban J connectivity index is 2.06. The molecular formula is C15H18FN3O2. The first-order valence-corrected chi connectivity index (χ1v) is 6.63.